The highest BCUT2D eigenvalue weighted by molar-refractivity contribution is 6.30. The first kappa shape index (κ1) is 11.9. The summed E-state index contributed by atoms with van der Waals surface area (Å²) in [7, 11) is 0. The lowest BCUT2D eigenvalue weighted by atomic mass is 9.97. The predicted octanol–water partition coefficient (Wildman–Crippen LogP) is 4.54. The van der Waals surface area contributed by atoms with Gasteiger partial charge in [0, 0.05) is 10.9 Å². The van der Waals surface area contributed by atoms with Crippen LogP contribution in [-0.2, 0) is 6.42 Å². The van der Waals surface area contributed by atoms with Gasteiger partial charge in [0.25, 0.3) is 0 Å². The van der Waals surface area contributed by atoms with Crippen LogP contribution in [0.2, 0.25) is 5.02 Å². The van der Waals surface area contributed by atoms with Gasteiger partial charge in [-0.15, -0.1) is 11.6 Å². The molecule has 1 atom stereocenters. The summed E-state index contributed by atoms with van der Waals surface area (Å²) in [6, 6.07) is 8.04. The van der Waals surface area contributed by atoms with Crippen LogP contribution in [0.5, 0.6) is 0 Å². The van der Waals surface area contributed by atoms with E-state index in [1.165, 1.54) is 18.4 Å². The average Bonchev–Trinajstić information content (AvgIpc) is 2.17. The van der Waals surface area contributed by atoms with Crippen LogP contribution in [0.1, 0.15) is 25.3 Å². The topological polar surface area (TPSA) is 0 Å². The van der Waals surface area contributed by atoms with Gasteiger partial charge in [-0.1, -0.05) is 37.1 Å². The van der Waals surface area contributed by atoms with Crippen LogP contribution in [0.3, 0.4) is 0 Å². The van der Waals surface area contributed by atoms with Crippen LogP contribution < -0.4 is 0 Å². The second kappa shape index (κ2) is 6.31. The Kier molecular flexibility index (Phi) is 5.36. The SMILES string of the molecule is CCCC(CCl)Cc1cccc(Cl)c1. The van der Waals surface area contributed by atoms with E-state index in [-0.39, 0.29) is 0 Å². The fraction of sp³-hybridized carbons (Fsp3) is 0.500. The van der Waals surface area contributed by atoms with Gasteiger partial charge >= 0.3 is 0 Å². The van der Waals surface area contributed by atoms with Crippen molar-refractivity contribution in [1.29, 1.82) is 0 Å². The van der Waals surface area contributed by atoms with Crippen molar-refractivity contribution < 1.29 is 0 Å². The summed E-state index contributed by atoms with van der Waals surface area (Å²) in [6.07, 6.45) is 3.42. The molecule has 14 heavy (non-hydrogen) atoms. The summed E-state index contributed by atoms with van der Waals surface area (Å²) >= 11 is 11.8. The van der Waals surface area contributed by atoms with Crippen LogP contribution in [0.15, 0.2) is 24.3 Å². The van der Waals surface area contributed by atoms with Crippen LogP contribution in [0, 0.1) is 5.92 Å². The lowest BCUT2D eigenvalue weighted by Crippen LogP contribution is -2.05. The van der Waals surface area contributed by atoms with E-state index in [0.717, 1.165) is 17.3 Å². The zero-order valence-electron chi connectivity index (χ0n) is 8.47. The Morgan fingerprint density at radius 2 is 2.14 bits per heavy atom. The van der Waals surface area contributed by atoms with Crippen molar-refractivity contribution >= 4 is 23.2 Å². The van der Waals surface area contributed by atoms with Gasteiger partial charge < -0.3 is 0 Å². The Morgan fingerprint density at radius 1 is 1.36 bits per heavy atom. The standard InChI is InChI=1S/C12H16Cl2/c1-2-4-11(9-13)7-10-5-3-6-12(14)8-10/h3,5-6,8,11H,2,4,7,9H2,1H3. The van der Waals surface area contributed by atoms with Crippen LogP contribution in [0.25, 0.3) is 0 Å². The Labute approximate surface area is 96.2 Å². The summed E-state index contributed by atoms with van der Waals surface area (Å²) in [6.45, 7) is 2.19. The molecule has 1 unspecified atom stereocenters. The average molecular weight is 231 g/mol. The first-order valence-corrected chi connectivity index (χ1v) is 5.98. The molecule has 0 saturated carbocycles. The third-order valence-electron chi connectivity index (χ3n) is 2.33. The molecule has 0 radical (unpaired) electrons. The maximum absolute atomic E-state index is 5.92. The lowest BCUT2D eigenvalue weighted by Gasteiger charge is -2.12. The summed E-state index contributed by atoms with van der Waals surface area (Å²) < 4.78 is 0. The molecule has 1 aromatic carbocycles. The molecule has 0 amide bonds. The molecule has 0 heterocycles. The fourth-order valence-corrected chi connectivity index (χ4v) is 2.12. The molecule has 0 spiro atoms. The van der Waals surface area contributed by atoms with Crippen molar-refractivity contribution in [3.63, 3.8) is 0 Å². The zero-order chi connectivity index (χ0) is 10.4. The van der Waals surface area contributed by atoms with Crippen molar-refractivity contribution in [2.24, 2.45) is 5.92 Å². The first-order chi connectivity index (χ1) is 6.76. The minimum absolute atomic E-state index is 0.583. The molecule has 78 valence electrons. The van der Waals surface area contributed by atoms with Gasteiger partial charge in [0.1, 0.15) is 0 Å². The van der Waals surface area contributed by atoms with Gasteiger partial charge in [-0.05, 0) is 36.5 Å². The number of rotatable bonds is 5. The number of benzene rings is 1. The van der Waals surface area contributed by atoms with Gasteiger partial charge in [0.05, 0.1) is 0 Å². The van der Waals surface area contributed by atoms with Crippen molar-refractivity contribution in [1.82, 2.24) is 0 Å². The van der Waals surface area contributed by atoms with Crippen LogP contribution in [-0.4, -0.2) is 5.88 Å². The molecule has 0 aromatic heterocycles. The zero-order valence-corrected chi connectivity index (χ0v) is 9.98. The summed E-state index contributed by atoms with van der Waals surface area (Å²) in [5.74, 6) is 1.32. The van der Waals surface area contributed by atoms with E-state index >= 15 is 0 Å². The molecule has 0 aliphatic rings. The second-order valence-electron chi connectivity index (χ2n) is 3.64. The molecule has 0 fully saturated rings. The summed E-state index contributed by atoms with van der Waals surface area (Å²) in [5.41, 5.74) is 1.29. The third-order valence-corrected chi connectivity index (χ3v) is 3.00. The highest BCUT2D eigenvalue weighted by Crippen LogP contribution is 2.18. The van der Waals surface area contributed by atoms with Gasteiger partial charge in [-0.2, -0.15) is 0 Å². The largest absolute Gasteiger partial charge is 0.126 e. The van der Waals surface area contributed by atoms with E-state index in [0.29, 0.717) is 5.92 Å². The van der Waals surface area contributed by atoms with E-state index in [9.17, 15) is 0 Å². The normalized spacial score (nSPS) is 12.8. The van der Waals surface area contributed by atoms with Gasteiger partial charge in [-0.25, -0.2) is 0 Å². The number of alkyl halides is 1. The molecule has 1 rings (SSSR count). The molecule has 0 N–H and O–H groups in total. The number of hydrogen-bond acceptors (Lipinski definition) is 0. The smallest absolute Gasteiger partial charge is 0.0408 e. The molecule has 0 aliphatic heterocycles. The summed E-state index contributed by atoms with van der Waals surface area (Å²) in [4.78, 5) is 0. The minimum Gasteiger partial charge on any atom is -0.126 e. The summed E-state index contributed by atoms with van der Waals surface area (Å²) in [5, 5.41) is 0.812. The van der Waals surface area contributed by atoms with E-state index in [1.807, 2.05) is 18.2 Å². The predicted molar refractivity (Wildman–Crippen MR) is 64.3 cm³/mol. The van der Waals surface area contributed by atoms with Gasteiger partial charge in [-0.3, -0.25) is 0 Å². The molecular weight excluding hydrogens is 215 g/mol. The van der Waals surface area contributed by atoms with Crippen molar-refractivity contribution in [3.8, 4) is 0 Å². The molecule has 0 nitrogen and oxygen atoms in total. The maximum Gasteiger partial charge on any atom is 0.0408 e. The van der Waals surface area contributed by atoms with Crippen molar-refractivity contribution in [2.45, 2.75) is 26.2 Å². The number of halogens is 2. The lowest BCUT2D eigenvalue weighted by molar-refractivity contribution is 0.528. The Hall–Kier alpha value is -0.200. The van der Waals surface area contributed by atoms with E-state index in [1.54, 1.807) is 0 Å². The molecule has 0 bridgehead atoms. The van der Waals surface area contributed by atoms with Crippen LogP contribution >= 0.6 is 23.2 Å². The minimum atomic E-state index is 0.583. The Morgan fingerprint density at radius 3 is 2.71 bits per heavy atom. The monoisotopic (exact) mass is 230 g/mol. The third kappa shape index (κ3) is 3.89. The van der Waals surface area contributed by atoms with E-state index in [2.05, 4.69) is 13.0 Å². The second-order valence-corrected chi connectivity index (χ2v) is 4.39. The molecular formula is C12H16Cl2. The van der Waals surface area contributed by atoms with Crippen molar-refractivity contribution in [2.75, 3.05) is 5.88 Å². The molecule has 1 aromatic rings. The number of hydrogen-bond donors (Lipinski definition) is 0. The Balaban J connectivity index is 2.57. The first-order valence-electron chi connectivity index (χ1n) is 5.06. The highest BCUT2D eigenvalue weighted by atomic mass is 35.5. The van der Waals surface area contributed by atoms with Gasteiger partial charge in [0.2, 0.25) is 0 Å². The molecule has 0 aliphatic carbocycles. The van der Waals surface area contributed by atoms with Crippen molar-refractivity contribution in [3.05, 3.63) is 34.9 Å². The Bertz CT molecular complexity index is 271. The van der Waals surface area contributed by atoms with E-state index in [4.69, 9.17) is 23.2 Å². The van der Waals surface area contributed by atoms with Crippen LogP contribution in [0.4, 0.5) is 0 Å². The van der Waals surface area contributed by atoms with Gasteiger partial charge in [0.15, 0.2) is 0 Å². The molecule has 2 heteroatoms. The van der Waals surface area contributed by atoms with E-state index < -0.39 is 0 Å². The maximum atomic E-state index is 5.92. The highest BCUT2D eigenvalue weighted by Gasteiger charge is 2.07. The quantitative estimate of drug-likeness (QED) is 0.652. The fourth-order valence-electron chi connectivity index (χ4n) is 1.64. The molecule has 0 saturated heterocycles.